The van der Waals surface area contributed by atoms with E-state index >= 15 is 0 Å². The zero-order chi connectivity index (χ0) is 14.5. The molecule has 1 fully saturated rings. The minimum atomic E-state index is -0.195. The Hall–Kier alpha value is -1.96. The lowest BCUT2D eigenvalue weighted by Crippen LogP contribution is -2.51. The van der Waals surface area contributed by atoms with Crippen LogP contribution >= 0.6 is 0 Å². The van der Waals surface area contributed by atoms with E-state index in [1.807, 2.05) is 6.92 Å². The minimum absolute atomic E-state index is 0.0502. The lowest BCUT2D eigenvalue weighted by Gasteiger charge is -2.34. The zero-order valence-electron chi connectivity index (χ0n) is 11.8. The van der Waals surface area contributed by atoms with Crippen molar-refractivity contribution in [1.29, 1.82) is 0 Å². The highest BCUT2D eigenvalue weighted by atomic mass is 16.5. The lowest BCUT2D eigenvalue weighted by molar-refractivity contribution is -0.136. The number of aromatic amines is 1. The van der Waals surface area contributed by atoms with Gasteiger partial charge in [0.15, 0.2) is 0 Å². The summed E-state index contributed by atoms with van der Waals surface area (Å²) in [6.45, 7) is 4.02. The van der Waals surface area contributed by atoms with Crippen LogP contribution in [0, 0.1) is 0 Å². The normalized spacial score (nSPS) is 15.5. The van der Waals surface area contributed by atoms with Gasteiger partial charge in [0.1, 0.15) is 12.4 Å². The highest BCUT2D eigenvalue weighted by Gasteiger charge is 2.26. The number of nitrogens with zero attached hydrogens (tertiary/aromatic N) is 4. The average molecular weight is 281 g/mol. The van der Waals surface area contributed by atoms with Gasteiger partial charge in [-0.3, -0.25) is 14.7 Å². The Balaban J connectivity index is 1.90. The Morgan fingerprint density at radius 2 is 1.90 bits per heavy atom. The third kappa shape index (κ3) is 3.13. The van der Waals surface area contributed by atoms with Crippen molar-refractivity contribution in [3.05, 3.63) is 11.6 Å². The summed E-state index contributed by atoms with van der Waals surface area (Å²) in [4.78, 5) is 31.3. The van der Waals surface area contributed by atoms with Gasteiger partial charge in [-0.15, -0.1) is 5.10 Å². The predicted molar refractivity (Wildman–Crippen MR) is 70.1 cm³/mol. The minimum Gasteiger partial charge on any atom is -0.375 e. The molecule has 0 spiro atoms. The number of hydrogen-bond acceptors (Lipinski definition) is 5. The summed E-state index contributed by atoms with van der Waals surface area (Å²) in [7, 11) is 1.49. The number of ether oxygens (including phenoxy) is 1. The molecule has 2 rings (SSSR count). The second kappa shape index (κ2) is 6.47. The van der Waals surface area contributed by atoms with Crippen molar-refractivity contribution in [3.8, 4) is 0 Å². The van der Waals surface area contributed by atoms with Crippen LogP contribution in [0.1, 0.15) is 23.4 Å². The highest BCUT2D eigenvalue weighted by molar-refractivity contribution is 5.90. The summed E-state index contributed by atoms with van der Waals surface area (Å²) in [5.41, 5.74) is 0. The maximum atomic E-state index is 12.2. The van der Waals surface area contributed by atoms with Crippen molar-refractivity contribution in [2.75, 3.05) is 39.9 Å². The van der Waals surface area contributed by atoms with Crippen molar-refractivity contribution in [3.63, 3.8) is 0 Å². The fraction of sp³-hybridized carbons (Fsp3) is 0.667. The number of nitrogens with one attached hydrogen (secondary N) is 1. The van der Waals surface area contributed by atoms with Crippen LogP contribution in [0.3, 0.4) is 0 Å². The third-order valence-electron chi connectivity index (χ3n) is 3.25. The largest absolute Gasteiger partial charge is 0.375 e. The summed E-state index contributed by atoms with van der Waals surface area (Å²) in [5, 5.41) is 6.65. The van der Waals surface area contributed by atoms with Crippen LogP contribution in [0.4, 0.5) is 0 Å². The van der Waals surface area contributed by atoms with Gasteiger partial charge >= 0.3 is 0 Å². The smallest absolute Gasteiger partial charge is 0.293 e. The van der Waals surface area contributed by atoms with E-state index in [0.29, 0.717) is 38.4 Å². The number of aromatic nitrogens is 3. The summed E-state index contributed by atoms with van der Waals surface area (Å²) >= 11 is 0. The van der Waals surface area contributed by atoms with E-state index in [1.165, 1.54) is 7.11 Å². The Bertz CT molecular complexity index is 479. The molecule has 2 amide bonds. The van der Waals surface area contributed by atoms with E-state index in [2.05, 4.69) is 15.2 Å². The van der Waals surface area contributed by atoms with Crippen LogP contribution in [-0.2, 0) is 16.0 Å². The Kier molecular flexibility index (Phi) is 4.67. The van der Waals surface area contributed by atoms with Gasteiger partial charge in [-0.2, -0.15) is 0 Å². The molecule has 8 heteroatoms. The van der Waals surface area contributed by atoms with Crippen molar-refractivity contribution < 1.29 is 14.3 Å². The molecular weight excluding hydrogens is 262 g/mol. The molecule has 1 saturated heterocycles. The van der Waals surface area contributed by atoms with E-state index in [9.17, 15) is 9.59 Å². The van der Waals surface area contributed by atoms with Crippen molar-refractivity contribution >= 4 is 11.8 Å². The first-order valence-electron chi connectivity index (χ1n) is 6.63. The van der Waals surface area contributed by atoms with Gasteiger partial charge in [-0.1, -0.05) is 6.92 Å². The van der Waals surface area contributed by atoms with E-state index in [0.717, 1.165) is 0 Å². The molecule has 0 radical (unpaired) electrons. The van der Waals surface area contributed by atoms with Crippen molar-refractivity contribution in [2.45, 2.75) is 13.3 Å². The fourth-order valence-corrected chi connectivity index (χ4v) is 2.06. The number of H-pyrrole nitrogens is 1. The first-order chi connectivity index (χ1) is 9.65. The molecule has 0 aromatic carbocycles. The predicted octanol–water partition coefficient (Wildman–Crippen LogP) is -0.702. The number of amides is 2. The van der Waals surface area contributed by atoms with Gasteiger partial charge in [0.05, 0.1) is 0 Å². The molecule has 1 aliphatic rings. The SMILES string of the molecule is CCc1nc(C(=O)N2CCN(C(=O)COC)CC2)n[nH]1. The molecule has 1 aromatic heterocycles. The molecule has 0 aliphatic carbocycles. The Morgan fingerprint density at radius 1 is 1.25 bits per heavy atom. The monoisotopic (exact) mass is 281 g/mol. The van der Waals surface area contributed by atoms with Crippen LogP contribution in [-0.4, -0.2) is 76.7 Å². The first-order valence-corrected chi connectivity index (χ1v) is 6.63. The molecule has 1 aromatic rings. The molecule has 110 valence electrons. The first kappa shape index (κ1) is 14.4. The molecular formula is C12H19N5O3. The van der Waals surface area contributed by atoms with E-state index in [4.69, 9.17) is 4.74 Å². The number of carbonyl (C=O) groups excluding carboxylic acids is 2. The highest BCUT2D eigenvalue weighted by Crippen LogP contribution is 2.06. The third-order valence-corrected chi connectivity index (χ3v) is 3.25. The van der Waals surface area contributed by atoms with Gasteiger partial charge in [0, 0.05) is 39.7 Å². The van der Waals surface area contributed by atoms with Gasteiger partial charge in [0.2, 0.25) is 11.7 Å². The number of piperazine rings is 1. The van der Waals surface area contributed by atoms with Crippen LogP contribution in [0.5, 0.6) is 0 Å². The number of carbonyl (C=O) groups is 2. The average Bonchev–Trinajstić information content (AvgIpc) is 2.96. The molecule has 20 heavy (non-hydrogen) atoms. The van der Waals surface area contributed by atoms with E-state index in [1.54, 1.807) is 9.80 Å². The summed E-state index contributed by atoms with van der Waals surface area (Å²) in [6, 6.07) is 0. The standard InChI is InChI=1S/C12H19N5O3/c1-3-9-13-11(15-14-9)12(19)17-6-4-16(5-7-17)10(18)8-20-2/h3-8H2,1-2H3,(H,13,14,15). The van der Waals surface area contributed by atoms with Crippen molar-refractivity contribution in [1.82, 2.24) is 25.0 Å². The number of aryl methyl sites for hydroxylation is 1. The zero-order valence-corrected chi connectivity index (χ0v) is 11.8. The summed E-state index contributed by atoms with van der Waals surface area (Å²) < 4.78 is 4.82. The van der Waals surface area contributed by atoms with Crippen LogP contribution in [0.2, 0.25) is 0 Å². The van der Waals surface area contributed by atoms with E-state index < -0.39 is 0 Å². The van der Waals surface area contributed by atoms with E-state index in [-0.39, 0.29) is 24.2 Å². The number of hydrogen-bond donors (Lipinski definition) is 1. The van der Waals surface area contributed by atoms with Gasteiger partial charge in [-0.25, -0.2) is 4.98 Å². The lowest BCUT2D eigenvalue weighted by atomic mass is 10.3. The molecule has 0 saturated carbocycles. The molecule has 1 N–H and O–H groups in total. The number of rotatable bonds is 4. The van der Waals surface area contributed by atoms with Gasteiger partial charge in [-0.05, 0) is 0 Å². The second-order valence-electron chi connectivity index (χ2n) is 4.57. The van der Waals surface area contributed by atoms with Crippen molar-refractivity contribution in [2.24, 2.45) is 0 Å². The second-order valence-corrected chi connectivity index (χ2v) is 4.57. The summed E-state index contributed by atoms with van der Waals surface area (Å²) in [6.07, 6.45) is 0.708. The maximum Gasteiger partial charge on any atom is 0.293 e. The van der Waals surface area contributed by atoms with Crippen LogP contribution in [0.15, 0.2) is 0 Å². The molecule has 8 nitrogen and oxygen atoms in total. The Morgan fingerprint density at radius 3 is 2.45 bits per heavy atom. The molecule has 0 bridgehead atoms. The maximum absolute atomic E-state index is 12.2. The Labute approximate surface area is 117 Å². The quantitative estimate of drug-likeness (QED) is 0.788. The van der Waals surface area contributed by atoms with Gasteiger partial charge < -0.3 is 14.5 Å². The summed E-state index contributed by atoms with van der Waals surface area (Å²) in [5.74, 6) is 0.645. The molecule has 1 aliphatic heterocycles. The molecule has 2 heterocycles. The molecule has 0 atom stereocenters. The fourth-order valence-electron chi connectivity index (χ4n) is 2.06. The topological polar surface area (TPSA) is 91.4 Å². The van der Waals surface area contributed by atoms with Crippen LogP contribution in [0.25, 0.3) is 0 Å². The molecule has 0 unspecified atom stereocenters. The van der Waals surface area contributed by atoms with Crippen LogP contribution < -0.4 is 0 Å². The number of methoxy groups -OCH3 is 1. The van der Waals surface area contributed by atoms with Gasteiger partial charge in [0.25, 0.3) is 5.91 Å².